The van der Waals surface area contributed by atoms with E-state index in [-0.39, 0.29) is 12.5 Å². The molecule has 4 nitrogen and oxygen atoms in total. The summed E-state index contributed by atoms with van der Waals surface area (Å²) in [5.41, 5.74) is 0. The highest BCUT2D eigenvalue weighted by Gasteiger charge is 2.29. The fourth-order valence-electron chi connectivity index (χ4n) is 1.03. The molecule has 1 heterocycles. The Bertz CT molecular complexity index is 281. The van der Waals surface area contributed by atoms with Crippen LogP contribution in [0, 0.1) is 17.2 Å². The molecule has 0 aromatic rings. The van der Waals surface area contributed by atoms with Gasteiger partial charge in [-0.05, 0) is 6.42 Å². The van der Waals surface area contributed by atoms with Crippen LogP contribution in [0.25, 0.3) is 0 Å². The van der Waals surface area contributed by atoms with Crippen LogP contribution in [-0.2, 0) is 9.24 Å². The summed E-state index contributed by atoms with van der Waals surface area (Å²) in [6, 6.07) is 2.00. The Morgan fingerprint density at radius 2 is 2.27 bits per heavy atom. The van der Waals surface area contributed by atoms with E-state index in [1.807, 2.05) is 6.07 Å². The Morgan fingerprint density at radius 1 is 1.64 bits per heavy atom. The maximum absolute atomic E-state index is 10.7. The third-order valence-electron chi connectivity index (χ3n) is 1.64. The second-order valence-corrected chi connectivity index (χ2v) is 4.93. The number of hydrogen-bond donors (Lipinski definition) is 0. The van der Waals surface area contributed by atoms with Gasteiger partial charge < -0.3 is 0 Å². The first-order valence-electron chi connectivity index (χ1n) is 3.13. The van der Waals surface area contributed by atoms with Crippen molar-refractivity contribution in [3.05, 3.63) is 0 Å². The van der Waals surface area contributed by atoms with Gasteiger partial charge in [0.2, 0.25) is 0 Å². The number of halogens is 1. The van der Waals surface area contributed by atoms with Gasteiger partial charge in [-0.2, -0.15) is 18.0 Å². The van der Waals surface area contributed by atoms with Crippen LogP contribution in [0.2, 0.25) is 0 Å². The molecule has 1 fully saturated rings. The predicted molar refractivity (Wildman–Crippen MR) is 40.1 cm³/mol. The average molecular weight is 195 g/mol. The molecule has 11 heavy (non-hydrogen) atoms. The lowest BCUT2D eigenvalue weighted by Crippen LogP contribution is -2.23. The largest absolute Gasteiger partial charge is 0.299 e. The van der Waals surface area contributed by atoms with Crippen molar-refractivity contribution in [1.29, 1.82) is 5.26 Å². The molecular weight excluding hydrogens is 188 g/mol. The van der Waals surface area contributed by atoms with Gasteiger partial charge in [-0.3, -0.25) is 0 Å². The van der Waals surface area contributed by atoms with Crippen molar-refractivity contribution in [3.8, 4) is 6.07 Å². The van der Waals surface area contributed by atoms with Crippen LogP contribution in [0.1, 0.15) is 6.42 Å². The predicted octanol–water partition coefficient (Wildman–Crippen LogP) is 0.315. The Balaban J connectivity index is 2.64. The van der Waals surface area contributed by atoms with Gasteiger partial charge in [-0.15, -0.1) is 0 Å². The smallest absolute Gasteiger partial charge is 0.198 e. The quantitative estimate of drug-likeness (QED) is 0.565. The molecule has 1 aliphatic heterocycles. The topological polar surface area (TPSA) is 61.2 Å². The standard InChI is InChI=1S/C5H7ClN2O2S/c6-11(9,10)8-2-1-5(3-7)4-8/h5H,1-2,4H2/t5-/m1/s1. The van der Waals surface area contributed by atoms with Crippen molar-refractivity contribution < 1.29 is 8.42 Å². The van der Waals surface area contributed by atoms with Gasteiger partial charge in [0.25, 0.3) is 9.24 Å². The summed E-state index contributed by atoms with van der Waals surface area (Å²) in [5.74, 6) is -0.191. The van der Waals surface area contributed by atoms with E-state index in [2.05, 4.69) is 0 Å². The molecule has 0 unspecified atom stereocenters. The number of nitriles is 1. The second-order valence-electron chi connectivity index (χ2n) is 2.41. The van der Waals surface area contributed by atoms with Gasteiger partial charge in [0, 0.05) is 23.8 Å². The molecule has 0 spiro atoms. The molecule has 1 saturated heterocycles. The summed E-state index contributed by atoms with van der Waals surface area (Å²) >= 11 is 0. The minimum absolute atomic E-state index is 0.191. The third-order valence-corrected chi connectivity index (χ3v) is 3.18. The Labute approximate surface area is 69.9 Å². The zero-order valence-corrected chi connectivity index (χ0v) is 7.27. The van der Waals surface area contributed by atoms with Crippen LogP contribution < -0.4 is 0 Å². The van der Waals surface area contributed by atoms with Crippen LogP contribution in [0.15, 0.2) is 0 Å². The second kappa shape index (κ2) is 2.97. The highest BCUT2D eigenvalue weighted by Crippen LogP contribution is 2.20. The monoisotopic (exact) mass is 194 g/mol. The molecule has 1 aliphatic rings. The van der Waals surface area contributed by atoms with Crippen LogP contribution in [0.4, 0.5) is 0 Å². The van der Waals surface area contributed by atoms with Crippen molar-refractivity contribution in [3.63, 3.8) is 0 Å². The molecule has 0 aromatic carbocycles. The van der Waals surface area contributed by atoms with Crippen LogP contribution in [0.3, 0.4) is 0 Å². The first-order chi connectivity index (χ1) is 5.04. The van der Waals surface area contributed by atoms with Gasteiger partial charge >= 0.3 is 0 Å². The molecule has 0 bridgehead atoms. The SMILES string of the molecule is N#C[C@H]1CCN(S(=O)(=O)Cl)C1. The van der Waals surface area contributed by atoms with Gasteiger partial charge in [0.15, 0.2) is 0 Å². The van der Waals surface area contributed by atoms with Gasteiger partial charge in [0.1, 0.15) is 0 Å². The number of nitrogens with zero attached hydrogens (tertiary/aromatic N) is 2. The van der Waals surface area contributed by atoms with Crippen molar-refractivity contribution >= 4 is 19.9 Å². The summed E-state index contributed by atoms with van der Waals surface area (Å²) < 4.78 is 22.5. The molecule has 1 atom stereocenters. The number of hydrogen-bond acceptors (Lipinski definition) is 3. The molecule has 1 rings (SSSR count). The summed E-state index contributed by atoms with van der Waals surface area (Å²) in [6.45, 7) is 0.604. The minimum atomic E-state index is -3.59. The minimum Gasteiger partial charge on any atom is -0.198 e. The first-order valence-corrected chi connectivity index (χ1v) is 5.40. The van der Waals surface area contributed by atoms with E-state index < -0.39 is 9.24 Å². The van der Waals surface area contributed by atoms with Crippen molar-refractivity contribution in [2.75, 3.05) is 13.1 Å². The van der Waals surface area contributed by atoms with Crippen LogP contribution >= 0.6 is 10.7 Å². The Kier molecular flexibility index (Phi) is 2.37. The van der Waals surface area contributed by atoms with Crippen LogP contribution in [0.5, 0.6) is 0 Å². The van der Waals surface area contributed by atoms with Crippen molar-refractivity contribution in [2.45, 2.75) is 6.42 Å². The molecule has 6 heteroatoms. The molecule has 0 aliphatic carbocycles. The van der Waals surface area contributed by atoms with E-state index >= 15 is 0 Å². The van der Waals surface area contributed by atoms with Crippen molar-refractivity contribution in [2.24, 2.45) is 5.92 Å². The zero-order chi connectivity index (χ0) is 8.48. The first kappa shape index (κ1) is 8.78. The molecule has 0 aromatic heterocycles. The summed E-state index contributed by atoms with van der Waals surface area (Å²) in [6.07, 6.45) is 0.586. The lowest BCUT2D eigenvalue weighted by Gasteiger charge is -2.07. The Hall–Kier alpha value is -0.310. The normalized spacial score (nSPS) is 26.7. The van der Waals surface area contributed by atoms with Crippen molar-refractivity contribution in [1.82, 2.24) is 4.31 Å². The van der Waals surface area contributed by atoms with E-state index in [0.717, 1.165) is 4.31 Å². The van der Waals surface area contributed by atoms with Crippen LogP contribution in [-0.4, -0.2) is 25.8 Å². The van der Waals surface area contributed by atoms with E-state index in [0.29, 0.717) is 13.0 Å². The molecule has 0 amide bonds. The maximum atomic E-state index is 10.7. The zero-order valence-electron chi connectivity index (χ0n) is 5.70. The molecule has 0 N–H and O–H groups in total. The Morgan fingerprint density at radius 3 is 2.55 bits per heavy atom. The maximum Gasteiger partial charge on any atom is 0.299 e. The van der Waals surface area contributed by atoms with Gasteiger partial charge in [-0.1, -0.05) is 0 Å². The fourth-order valence-corrected chi connectivity index (χ4v) is 2.09. The summed E-state index contributed by atoms with van der Waals surface area (Å²) in [7, 11) is 1.46. The summed E-state index contributed by atoms with van der Waals surface area (Å²) in [4.78, 5) is 0. The molecular formula is C5H7ClN2O2S. The molecule has 62 valence electrons. The highest BCUT2D eigenvalue weighted by atomic mass is 35.7. The average Bonchev–Trinajstić information content (AvgIpc) is 2.32. The number of rotatable bonds is 1. The van der Waals surface area contributed by atoms with E-state index in [1.165, 1.54) is 0 Å². The van der Waals surface area contributed by atoms with E-state index in [1.54, 1.807) is 0 Å². The summed E-state index contributed by atoms with van der Waals surface area (Å²) in [5, 5.41) is 8.43. The van der Waals surface area contributed by atoms with E-state index in [4.69, 9.17) is 15.9 Å². The van der Waals surface area contributed by atoms with Gasteiger partial charge in [0.05, 0.1) is 12.0 Å². The lowest BCUT2D eigenvalue weighted by molar-refractivity contribution is 0.485. The molecule has 0 saturated carbocycles. The third kappa shape index (κ3) is 2.06. The lowest BCUT2D eigenvalue weighted by atomic mass is 10.1. The highest BCUT2D eigenvalue weighted by molar-refractivity contribution is 8.11. The van der Waals surface area contributed by atoms with E-state index in [9.17, 15) is 8.42 Å². The fraction of sp³-hybridized carbons (Fsp3) is 0.800. The molecule has 0 radical (unpaired) electrons. The van der Waals surface area contributed by atoms with Gasteiger partial charge in [-0.25, -0.2) is 0 Å².